The zero-order valence-corrected chi connectivity index (χ0v) is 18.8. The number of aliphatic carboxylic acids is 1. The number of aliphatic hydroxyl groups excluding tert-OH is 1. The second kappa shape index (κ2) is 8.02. The highest BCUT2D eigenvalue weighted by molar-refractivity contribution is 5.66. The van der Waals surface area contributed by atoms with Crippen LogP contribution < -0.4 is 0 Å². The lowest BCUT2D eigenvalue weighted by Crippen LogP contribution is -2.58. The Morgan fingerprint density at radius 2 is 1.83 bits per heavy atom. The first kappa shape index (κ1) is 22.0. The second-order valence-corrected chi connectivity index (χ2v) is 11.6. The monoisotopic (exact) mass is 417 g/mol. The highest BCUT2D eigenvalue weighted by atomic mass is 16.4. The molecule has 4 aliphatic carbocycles. The van der Waals surface area contributed by atoms with Crippen molar-refractivity contribution < 1.29 is 15.0 Å². The Labute approximate surface area is 180 Å². The van der Waals surface area contributed by atoms with Crippen LogP contribution in [0.5, 0.6) is 0 Å². The van der Waals surface area contributed by atoms with Crippen molar-refractivity contribution in [2.75, 3.05) is 0 Å². The number of nitrogens with zero attached hydrogens (tertiary/aromatic N) is 3. The third-order valence-electron chi connectivity index (χ3n) is 10.4. The molecule has 0 aromatic carbocycles. The van der Waals surface area contributed by atoms with Gasteiger partial charge in [-0.05, 0) is 110 Å². The van der Waals surface area contributed by atoms with Gasteiger partial charge < -0.3 is 10.2 Å². The molecule has 0 aromatic heterocycles. The summed E-state index contributed by atoms with van der Waals surface area (Å²) in [6, 6.07) is 0.0941. The lowest BCUT2D eigenvalue weighted by molar-refractivity contribution is -0.166. The van der Waals surface area contributed by atoms with E-state index in [9.17, 15) is 9.90 Å². The first-order valence-electron chi connectivity index (χ1n) is 12.1. The minimum atomic E-state index is -0.691. The van der Waals surface area contributed by atoms with E-state index in [0.29, 0.717) is 35.5 Å². The summed E-state index contributed by atoms with van der Waals surface area (Å²) < 4.78 is 0. The fraction of sp³-hybridized carbons (Fsp3) is 0.958. The van der Waals surface area contributed by atoms with Gasteiger partial charge in [0.15, 0.2) is 0 Å². The molecule has 4 fully saturated rings. The van der Waals surface area contributed by atoms with Crippen LogP contribution in [-0.4, -0.2) is 28.3 Å². The molecule has 4 rings (SSSR count). The van der Waals surface area contributed by atoms with Crippen LogP contribution in [-0.2, 0) is 4.79 Å². The quantitative estimate of drug-likeness (QED) is 0.335. The van der Waals surface area contributed by atoms with Gasteiger partial charge in [0.25, 0.3) is 0 Å². The molecule has 168 valence electrons. The molecule has 0 aliphatic heterocycles. The van der Waals surface area contributed by atoms with Crippen LogP contribution in [0.4, 0.5) is 0 Å². The van der Waals surface area contributed by atoms with E-state index < -0.39 is 5.97 Å². The standard InChI is InChI=1S/C24H39N3O3/c1-14(4-7-21(29)30)17-5-6-18-22-19(9-11-24(17,18)3)23(2)10-8-16(26-27-25)12-15(23)13-20(22)28/h14-20,22,28H,4-13H2,1-3H3,(H,29,30)/t14-,15+,16+,17-,18+,19+,20+,22+,23+,24-/m1/s1. The predicted molar refractivity (Wildman–Crippen MR) is 116 cm³/mol. The summed E-state index contributed by atoms with van der Waals surface area (Å²) in [5.74, 6) is 2.24. The van der Waals surface area contributed by atoms with Crippen LogP contribution in [0.3, 0.4) is 0 Å². The molecule has 0 radical (unpaired) electrons. The lowest BCUT2D eigenvalue weighted by atomic mass is 9.43. The summed E-state index contributed by atoms with van der Waals surface area (Å²) in [5, 5.41) is 24.5. The van der Waals surface area contributed by atoms with Gasteiger partial charge >= 0.3 is 5.97 Å². The van der Waals surface area contributed by atoms with E-state index in [1.807, 2.05) is 0 Å². The molecule has 4 aliphatic rings. The second-order valence-electron chi connectivity index (χ2n) is 11.6. The van der Waals surface area contributed by atoms with E-state index in [0.717, 1.165) is 32.1 Å². The summed E-state index contributed by atoms with van der Waals surface area (Å²) in [4.78, 5) is 14.1. The largest absolute Gasteiger partial charge is 0.481 e. The lowest BCUT2D eigenvalue weighted by Gasteiger charge is -2.62. The van der Waals surface area contributed by atoms with E-state index in [-0.39, 0.29) is 29.4 Å². The highest BCUT2D eigenvalue weighted by Gasteiger charge is 2.62. The maximum absolute atomic E-state index is 11.4. The van der Waals surface area contributed by atoms with Crippen molar-refractivity contribution in [1.82, 2.24) is 0 Å². The summed E-state index contributed by atoms with van der Waals surface area (Å²) in [5.41, 5.74) is 9.34. The van der Waals surface area contributed by atoms with Gasteiger partial charge in [-0.1, -0.05) is 25.9 Å². The minimum Gasteiger partial charge on any atom is -0.481 e. The van der Waals surface area contributed by atoms with Gasteiger partial charge in [-0.15, -0.1) is 0 Å². The number of rotatable bonds is 5. The maximum atomic E-state index is 11.4. The molecule has 0 amide bonds. The number of fused-ring (bicyclic) bond motifs is 5. The van der Waals surface area contributed by atoms with Crippen molar-refractivity contribution in [3.05, 3.63) is 10.4 Å². The molecule has 0 unspecified atom stereocenters. The van der Waals surface area contributed by atoms with E-state index >= 15 is 0 Å². The number of carbonyl (C=O) groups is 1. The Kier molecular flexibility index (Phi) is 5.87. The fourth-order valence-electron chi connectivity index (χ4n) is 8.91. The molecule has 6 nitrogen and oxygen atoms in total. The zero-order chi connectivity index (χ0) is 21.7. The first-order chi connectivity index (χ1) is 14.2. The van der Waals surface area contributed by atoms with Crippen molar-refractivity contribution in [3.8, 4) is 0 Å². The number of hydrogen-bond donors (Lipinski definition) is 2. The van der Waals surface area contributed by atoms with Gasteiger partial charge in [0.05, 0.1) is 6.10 Å². The molecule has 10 atom stereocenters. The average Bonchev–Trinajstić information content (AvgIpc) is 3.04. The first-order valence-corrected chi connectivity index (χ1v) is 12.1. The van der Waals surface area contributed by atoms with Gasteiger partial charge in [0.2, 0.25) is 0 Å². The van der Waals surface area contributed by atoms with Crippen LogP contribution >= 0.6 is 0 Å². The summed E-state index contributed by atoms with van der Waals surface area (Å²) >= 11 is 0. The van der Waals surface area contributed by atoms with Gasteiger partial charge in [-0.2, -0.15) is 0 Å². The normalized spacial score (nSPS) is 48.6. The molecule has 0 spiro atoms. The third kappa shape index (κ3) is 3.44. The molecule has 4 saturated carbocycles. The smallest absolute Gasteiger partial charge is 0.303 e. The Balaban J connectivity index is 1.54. The molecule has 0 bridgehead atoms. The number of azide groups is 1. The highest BCUT2D eigenvalue weighted by Crippen LogP contribution is 2.68. The van der Waals surface area contributed by atoms with E-state index in [1.54, 1.807) is 0 Å². The van der Waals surface area contributed by atoms with Gasteiger partial charge in [0, 0.05) is 17.4 Å². The molecular formula is C24H39N3O3. The van der Waals surface area contributed by atoms with Crippen molar-refractivity contribution in [3.63, 3.8) is 0 Å². The number of hydrogen-bond acceptors (Lipinski definition) is 3. The van der Waals surface area contributed by atoms with Crippen LogP contribution in [0, 0.1) is 46.3 Å². The third-order valence-corrected chi connectivity index (χ3v) is 10.4. The van der Waals surface area contributed by atoms with Crippen molar-refractivity contribution in [2.24, 2.45) is 51.5 Å². The van der Waals surface area contributed by atoms with Crippen LogP contribution in [0.15, 0.2) is 5.11 Å². The summed E-state index contributed by atoms with van der Waals surface area (Å²) in [7, 11) is 0. The Hall–Kier alpha value is -1.26. The molecule has 0 saturated heterocycles. The minimum absolute atomic E-state index is 0.0941. The average molecular weight is 418 g/mol. The number of carboxylic acid groups (broad SMARTS) is 1. The predicted octanol–water partition coefficient (Wildman–Crippen LogP) is 5.80. The number of aliphatic hydroxyl groups is 1. The summed E-state index contributed by atoms with van der Waals surface area (Å²) in [6.45, 7) is 7.15. The van der Waals surface area contributed by atoms with E-state index in [2.05, 4.69) is 30.8 Å². The maximum Gasteiger partial charge on any atom is 0.303 e. The molecular weight excluding hydrogens is 378 g/mol. The zero-order valence-electron chi connectivity index (χ0n) is 18.8. The van der Waals surface area contributed by atoms with Gasteiger partial charge in [-0.25, -0.2) is 0 Å². The van der Waals surface area contributed by atoms with Gasteiger partial charge in [-0.3, -0.25) is 4.79 Å². The van der Waals surface area contributed by atoms with Crippen molar-refractivity contribution in [2.45, 2.75) is 97.1 Å². The van der Waals surface area contributed by atoms with Crippen molar-refractivity contribution in [1.29, 1.82) is 0 Å². The van der Waals surface area contributed by atoms with Crippen LogP contribution in [0.25, 0.3) is 10.4 Å². The fourth-order valence-corrected chi connectivity index (χ4v) is 8.91. The van der Waals surface area contributed by atoms with E-state index in [4.69, 9.17) is 10.6 Å². The molecule has 30 heavy (non-hydrogen) atoms. The molecule has 0 heterocycles. The number of carboxylic acids is 1. The van der Waals surface area contributed by atoms with Crippen LogP contribution in [0.2, 0.25) is 0 Å². The van der Waals surface area contributed by atoms with Gasteiger partial charge in [0.1, 0.15) is 0 Å². The SMILES string of the molecule is C[C@H](CCC(=O)O)[C@H]1CC[C@H]2[C@@H]3[C@@H](O)C[C@@H]4C[C@@H](N=[N+]=[N-])CC[C@]4(C)[C@H]3CC[C@]12C. The van der Waals surface area contributed by atoms with Crippen LogP contribution in [0.1, 0.15) is 85.0 Å². The van der Waals surface area contributed by atoms with Crippen molar-refractivity contribution >= 4 is 5.97 Å². The molecule has 6 heteroatoms. The van der Waals surface area contributed by atoms with E-state index in [1.165, 1.54) is 25.7 Å². The molecule has 2 N–H and O–H groups in total. The summed E-state index contributed by atoms with van der Waals surface area (Å²) in [6.07, 6.45) is 9.37. The Bertz CT molecular complexity index is 722. The Morgan fingerprint density at radius 3 is 2.53 bits per heavy atom. The Morgan fingerprint density at radius 1 is 1.13 bits per heavy atom. The topological polar surface area (TPSA) is 106 Å². The molecule has 0 aromatic rings.